The first-order valence-electron chi connectivity index (χ1n) is 10.00. The number of rotatable bonds is 3. The molecule has 0 saturated carbocycles. The van der Waals surface area contributed by atoms with Crippen molar-refractivity contribution in [3.8, 4) is 5.69 Å². The summed E-state index contributed by atoms with van der Waals surface area (Å²) in [6.45, 7) is 7.10. The minimum Gasteiger partial charge on any atom is -0.365 e. The molecule has 3 heterocycles. The van der Waals surface area contributed by atoms with Crippen molar-refractivity contribution in [1.29, 1.82) is 0 Å². The Morgan fingerprint density at radius 1 is 0.933 bits per heavy atom. The van der Waals surface area contributed by atoms with Crippen molar-refractivity contribution in [1.82, 2.24) is 23.4 Å². The second kappa shape index (κ2) is 7.53. The number of hydrogen-bond donors (Lipinski definition) is 0. The number of para-hydroxylation sites is 1. The van der Waals surface area contributed by atoms with Gasteiger partial charge in [-0.2, -0.15) is 13.8 Å². The third-order valence-electron chi connectivity index (χ3n) is 5.64. The van der Waals surface area contributed by atoms with Crippen molar-refractivity contribution in [2.75, 3.05) is 31.1 Å². The Kier molecular flexibility index (Phi) is 4.71. The molecule has 7 nitrogen and oxygen atoms in total. The van der Waals surface area contributed by atoms with Gasteiger partial charge in [0.15, 0.2) is 0 Å². The zero-order chi connectivity index (χ0) is 20.7. The smallest absolute Gasteiger partial charge is 0.254 e. The molecule has 0 radical (unpaired) electrons. The fourth-order valence-electron chi connectivity index (χ4n) is 4.14. The van der Waals surface area contributed by atoms with E-state index in [1.807, 2.05) is 46.0 Å². The summed E-state index contributed by atoms with van der Waals surface area (Å²) < 4.78 is 10.5. The van der Waals surface area contributed by atoms with Gasteiger partial charge in [0.05, 0.1) is 34.5 Å². The number of fused-ring (bicyclic) bond motifs is 1. The Hall–Kier alpha value is -3.26. The standard InChI is InChI=1S/C22H22N6OS/c1-15-21(16(2)28(23-15)18-6-4-3-5-7-18)26-10-12-27(13-11-26)22(29)17-8-9-19-20(14-17)25-30-24-19/h3-9,14H,10-13H2,1-2H3. The number of amides is 1. The van der Waals surface area contributed by atoms with Crippen molar-refractivity contribution in [3.05, 3.63) is 65.5 Å². The average Bonchev–Trinajstić information content (AvgIpc) is 3.37. The van der Waals surface area contributed by atoms with Gasteiger partial charge in [0.2, 0.25) is 0 Å². The average molecular weight is 419 g/mol. The van der Waals surface area contributed by atoms with Crippen molar-refractivity contribution in [2.45, 2.75) is 13.8 Å². The molecule has 2 aromatic heterocycles. The lowest BCUT2D eigenvalue weighted by molar-refractivity contribution is 0.0747. The van der Waals surface area contributed by atoms with Crippen LogP contribution in [-0.4, -0.2) is 55.5 Å². The molecule has 152 valence electrons. The number of nitrogens with zero attached hydrogens (tertiary/aromatic N) is 6. The van der Waals surface area contributed by atoms with Crippen LogP contribution in [0.25, 0.3) is 16.7 Å². The van der Waals surface area contributed by atoms with Gasteiger partial charge in [-0.3, -0.25) is 4.79 Å². The summed E-state index contributed by atoms with van der Waals surface area (Å²) in [4.78, 5) is 17.2. The van der Waals surface area contributed by atoms with Gasteiger partial charge in [-0.15, -0.1) is 0 Å². The molecule has 1 amide bonds. The van der Waals surface area contributed by atoms with Gasteiger partial charge in [-0.25, -0.2) is 4.68 Å². The predicted octanol–water partition coefficient (Wildman–Crippen LogP) is 3.46. The van der Waals surface area contributed by atoms with Crippen LogP contribution in [0.2, 0.25) is 0 Å². The van der Waals surface area contributed by atoms with Gasteiger partial charge in [-0.1, -0.05) is 18.2 Å². The fraction of sp³-hybridized carbons (Fsp3) is 0.273. The summed E-state index contributed by atoms with van der Waals surface area (Å²) in [6.07, 6.45) is 0. The van der Waals surface area contributed by atoms with E-state index in [2.05, 4.69) is 39.6 Å². The molecule has 8 heteroatoms. The number of benzene rings is 2. The third kappa shape index (κ3) is 3.23. The van der Waals surface area contributed by atoms with Crippen LogP contribution in [-0.2, 0) is 0 Å². The summed E-state index contributed by atoms with van der Waals surface area (Å²) in [6, 6.07) is 15.7. The molecule has 1 saturated heterocycles. The minimum absolute atomic E-state index is 0.0537. The van der Waals surface area contributed by atoms with Gasteiger partial charge in [0.1, 0.15) is 11.0 Å². The highest BCUT2D eigenvalue weighted by Crippen LogP contribution is 2.28. The van der Waals surface area contributed by atoms with Gasteiger partial charge >= 0.3 is 0 Å². The molecule has 30 heavy (non-hydrogen) atoms. The maximum Gasteiger partial charge on any atom is 0.254 e. The number of carbonyl (C=O) groups is 1. The molecule has 5 rings (SSSR count). The molecule has 0 spiro atoms. The molecule has 1 aliphatic heterocycles. The number of aryl methyl sites for hydroxylation is 1. The molecule has 0 aliphatic carbocycles. The topological polar surface area (TPSA) is 67.2 Å². The van der Waals surface area contributed by atoms with E-state index in [-0.39, 0.29) is 5.91 Å². The first kappa shape index (κ1) is 18.7. The number of carbonyl (C=O) groups excluding carboxylic acids is 1. The normalized spacial score (nSPS) is 14.5. The summed E-state index contributed by atoms with van der Waals surface area (Å²) in [5.74, 6) is 0.0537. The molecular formula is C22H22N6OS. The van der Waals surface area contributed by atoms with Gasteiger partial charge in [0.25, 0.3) is 5.91 Å². The zero-order valence-corrected chi connectivity index (χ0v) is 17.8. The second-order valence-electron chi connectivity index (χ2n) is 7.51. The Bertz CT molecular complexity index is 1210. The van der Waals surface area contributed by atoms with Crippen LogP contribution in [0.15, 0.2) is 48.5 Å². The van der Waals surface area contributed by atoms with Crippen LogP contribution in [0.5, 0.6) is 0 Å². The van der Waals surface area contributed by atoms with E-state index in [9.17, 15) is 4.79 Å². The quantitative estimate of drug-likeness (QED) is 0.510. The first-order chi connectivity index (χ1) is 14.6. The van der Waals surface area contributed by atoms with Crippen molar-refractivity contribution in [3.63, 3.8) is 0 Å². The number of hydrogen-bond acceptors (Lipinski definition) is 6. The third-order valence-corrected chi connectivity index (χ3v) is 6.19. The monoisotopic (exact) mass is 418 g/mol. The highest BCUT2D eigenvalue weighted by atomic mass is 32.1. The predicted molar refractivity (Wildman–Crippen MR) is 119 cm³/mol. The molecule has 1 aliphatic rings. The van der Waals surface area contributed by atoms with Gasteiger partial charge < -0.3 is 9.80 Å². The molecular weight excluding hydrogens is 396 g/mol. The molecule has 2 aromatic carbocycles. The van der Waals surface area contributed by atoms with Gasteiger partial charge in [-0.05, 0) is 44.2 Å². The summed E-state index contributed by atoms with van der Waals surface area (Å²) in [5.41, 5.74) is 6.66. The largest absolute Gasteiger partial charge is 0.365 e. The fourth-order valence-corrected chi connectivity index (χ4v) is 4.66. The lowest BCUT2D eigenvalue weighted by atomic mass is 10.1. The SMILES string of the molecule is Cc1nn(-c2ccccc2)c(C)c1N1CCN(C(=O)c2ccc3nsnc3c2)CC1. The molecule has 0 unspecified atom stereocenters. The molecule has 1 fully saturated rings. The van der Waals surface area contributed by atoms with Crippen LogP contribution in [0, 0.1) is 13.8 Å². The Balaban J connectivity index is 1.32. The van der Waals surface area contributed by atoms with Crippen LogP contribution in [0.4, 0.5) is 5.69 Å². The van der Waals surface area contributed by atoms with E-state index in [1.54, 1.807) is 0 Å². The van der Waals surface area contributed by atoms with E-state index in [0.29, 0.717) is 18.7 Å². The number of anilines is 1. The Morgan fingerprint density at radius 3 is 2.43 bits per heavy atom. The molecule has 4 aromatic rings. The van der Waals surface area contributed by atoms with Crippen molar-refractivity contribution >= 4 is 34.4 Å². The zero-order valence-electron chi connectivity index (χ0n) is 16.9. The second-order valence-corrected chi connectivity index (χ2v) is 8.04. The maximum atomic E-state index is 13.0. The lowest BCUT2D eigenvalue weighted by Crippen LogP contribution is -2.49. The van der Waals surface area contributed by atoms with E-state index in [1.165, 1.54) is 17.4 Å². The van der Waals surface area contributed by atoms with Crippen LogP contribution >= 0.6 is 11.7 Å². The van der Waals surface area contributed by atoms with Crippen LogP contribution in [0.1, 0.15) is 21.7 Å². The van der Waals surface area contributed by atoms with E-state index in [0.717, 1.165) is 41.2 Å². The van der Waals surface area contributed by atoms with Crippen LogP contribution in [0.3, 0.4) is 0 Å². The van der Waals surface area contributed by atoms with Crippen molar-refractivity contribution < 1.29 is 4.79 Å². The highest BCUT2D eigenvalue weighted by molar-refractivity contribution is 7.00. The van der Waals surface area contributed by atoms with Crippen LogP contribution < -0.4 is 4.90 Å². The summed E-state index contributed by atoms with van der Waals surface area (Å²) in [5, 5.41) is 4.76. The first-order valence-corrected chi connectivity index (χ1v) is 10.7. The molecule has 0 N–H and O–H groups in total. The van der Waals surface area contributed by atoms with E-state index in [4.69, 9.17) is 5.10 Å². The highest BCUT2D eigenvalue weighted by Gasteiger charge is 2.26. The number of piperazine rings is 1. The maximum absolute atomic E-state index is 13.0. The Labute approximate surface area is 178 Å². The van der Waals surface area contributed by atoms with Crippen molar-refractivity contribution in [2.24, 2.45) is 0 Å². The minimum atomic E-state index is 0.0537. The summed E-state index contributed by atoms with van der Waals surface area (Å²) in [7, 11) is 0. The van der Waals surface area contributed by atoms with E-state index >= 15 is 0 Å². The summed E-state index contributed by atoms with van der Waals surface area (Å²) >= 11 is 1.17. The number of aromatic nitrogens is 4. The van der Waals surface area contributed by atoms with Gasteiger partial charge in [0, 0.05) is 31.7 Å². The Morgan fingerprint density at radius 2 is 1.67 bits per heavy atom. The molecule has 0 bridgehead atoms. The molecule has 0 atom stereocenters. The lowest BCUT2D eigenvalue weighted by Gasteiger charge is -2.36. The van der Waals surface area contributed by atoms with E-state index < -0.39 is 0 Å².